The summed E-state index contributed by atoms with van der Waals surface area (Å²) in [6.07, 6.45) is 4.34. The third-order valence-corrected chi connectivity index (χ3v) is 5.97. The predicted octanol–water partition coefficient (Wildman–Crippen LogP) is 2.24. The van der Waals surface area contributed by atoms with Crippen LogP contribution in [-0.2, 0) is 31.6 Å². The van der Waals surface area contributed by atoms with E-state index >= 15 is 0 Å². The SMILES string of the molecule is CCOC(=O)CCNS(=O)(=O)NC(=O)/C=C/c1c(C)nn(C)c1-n1ccc2cc(Cl)ccc21. The number of hydrogen-bond acceptors (Lipinski definition) is 6. The fourth-order valence-electron chi connectivity index (χ4n) is 3.32. The number of aryl methyl sites for hydroxylation is 2. The number of fused-ring (bicyclic) bond motifs is 1. The normalized spacial score (nSPS) is 11.9. The van der Waals surface area contributed by atoms with Gasteiger partial charge >= 0.3 is 16.2 Å². The molecule has 12 heteroatoms. The second-order valence-electron chi connectivity index (χ2n) is 7.09. The van der Waals surface area contributed by atoms with Crippen molar-refractivity contribution in [3.8, 4) is 5.82 Å². The molecule has 0 spiro atoms. The number of nitrogens with zero attached hydrogens (tertiary/aromatic N) is 3. The summed E-state index contributed by atoms with van der Waals surface area (Å²) in [7, 11) is -2.36. The quantitative estimate of drug-likeness (QED) is 0.348. The molecule has 1 aromatic carbocycles. The molecule has 3 rings (SSSR count). The molecule has 0 saturated heterocycles. The van der Waals surface area contributed by atoms with Crippen LogP contribution in [0.15, 0.2) is 36.5 Å². The maximum atomic E-state index is 12.2. The Balaban J connectivity index is 1.76. The molecule has 33 heavy (non-hydrogen) atoms. The van der Waals surface area contributed by atoms with Crippen LogP contribution in [-0.4, -0.2) is 47.8 Å². The minimum atomic E-state index is -4.13. The Morgan fingerprint density at radius 1 is 1.27 bits per heavy atom. The molecule has 0 fully saturated rings. The highest BCUT2D eigenvalue weighted by atomic mass is 35.5. The van der Waals surface area contributed by atoms with Crippen molar-refractivity contribution in [1.82, 2.24) is 23.8 Å². The summed E-state index contributed by atoms with van der Waals surface area (Å²) >= 11 is 6.08. The van der Waals surface area contributed by atoms with Crippen molar-refractivity contribution < 1.29 is 22.7 Å². The van der Waals surface area contributed by atoms with E-state index in [1.54, 1.807) is 31.6 Å². The van der Waals surface area contributed by atoms with Gasteiger partial charge < -0.3 is 9.30 Å². The third kappa shape index (κ3) is 6.01. The molecule has 0 aliphatic rings. The summed E-state index contributed by atoms with van der Waals surface area (Å²) in [5.74, 6) is -0.688. The number of ether oxygens (including phenoxy) is 1. The van der Waals surface area contributed by atoms with E-state index in [1.807, 2.05) is 33.7 Å². The van der Waals surface area contributed by atoms with Gasteiger partial charge in [0, 0.05) is 41.8 Å². The molecular formula is C21H24ClN5O5S. The molecule has 1 amide bonds. The van der Waals surface area contributed by atoms with Crippen molar-refractivity contribution >= 4 is 50.7 Å². The molecule has 2 aromatic heterocycles. The Kier molecular flexibility index (Phi) is 7.57. The Bertz CT molecular complexity index is 1330. The molecular weight excluding hydrogens is 470 g/mol. The topological polar surface area (TPSA) is 124 Å². The highest BCUT2D eigenvalue weighted by Gasteiger charge is 2.17. The smallest absolute Gasteiger partial charge is 0.307 e. The lowest BCUT2D eigenvalue weighted by atomic mass is 10.2. The Morgan fingerprint density at radius 2 is 2.03 bits per heavy atom. The molecule has 0 bridgehead atoms. The summed E-state index contributed by atoms with van der Waals surface area (Å²) < 4.78 is 36.4. The summed E-state index contributed by atoms with van der Waals surface area (Å²) in [4.78, 5) is 23.5. The number of hydrogen-bond donors (Lipinski definition) is 2. The standard InChI is InChI=1S/C21H24ClN5O5S/c1-4-32-20(29)9-11-23-33(30,31)25-19(28)8-6-17-14(2)24-26(3)21(17)27-12-10-15-13-16(22)5-7-18(15)27/h5-8,10,12-13,23H,4,9,11H2,1-3H3,(H,25,28)/b8-6+. The molecule has 0 radical (unpaired) electrons. The molecule has 0 unspecified atom stereocenters. The fourth-order valence-corrected chi connectivity index (χ4v) is 4.28. The summed E-state index contributed by atoms with van der Waals surface area (Å²) in [5, 5.41) is 5.99. The number of benzene rings is 1. The molecule has 0 atom stereocenters. The number of esters is 1. The number of carbonyl (C=O) groups is 2. The fraction of sp³-hybridized carbons (Fsp3) is 0.286. The average Bonchev–Trinajstić information content (AvgIpc) is 3.24. The van der Waals surface area contributed by atoms with Gasteiger partial charge in [-0.05, 0) is 44.2 Å². The number of halogens is 1. The monoisotopic (exact) mass is 493 g/mol. The van der Waals surface area contributed by atoms with Gasteiger partial charge in [0.25, 0.3) is 5.91 Å². The van der Waals surface area contributed by atoms with Crippen LogP contribution in [0.2, 0.25) is 5.02 Å². The van der Waals surface area contributed by atoms with Gasteiger partial charge in [-0.3, -0.25) is 14.3 Å². The van der Waals surface area contributed by atoms with Crippen molar-refractivity contribution in [2.45, 2.75) is 20.3 Å². The van der Waals surface area contributed by atoms with E-state index in [9.17, 15) is 18.0 Å². The molecule has 2 heterocycles. The van der Waals surface area contributed by atoms with Gasteiger partial charge in [0.05, 0.1) is 24.2 Å². The zero-order valence-corrected chi connectivity index (χ0v) is 19.9. The Morgan fingerprint density at radius 3 is 2.76 bits per heavy atom. The minimum Gasteiger partial charge on any atom is -0.466 e. The van der Waals surface area contributed by atoms with Crippen LogP contribution in [0.3, 0.4) is 0 Å². The second kappa shape index (κ2) is 10.2. The molecule has 3 aromatic rings. The third-order valence-electron chi connectivity index (χ3n) is 4.68. The van der Waals surface area contributed by atoms with E-state index < -0.39 is 22.1 Å². The first-order chi connectivity index (χ1) is 15.6. The van der Waals surface area contributed by atoms with Crippen molar-refractivity contribution in [3.05, 3.63) is 52.8 Å². The van der Waals surface area contributed by atoms with E-state index in [-0.39, 0.29) is 19.6 Å². The van der Waals surface area contributed by atoms with Gasteiger partial charge in [-0.2, -0.15) is 18.2 Å². The lowest BCUT2D eigenvalue weighted by Gasteiger charge is -2.08. The molecule has 0 aliphatic carbocycles. The first-order valence-electron chi connectivity index (χ1n) is 10.1. The summed E-state index contributed by atoms with van der Waals surface area (Å²) in [5.41, 5.74) is 2.20. The van der Waals surface area contributed by atoms with Crippen LogP contribution < -0.4 is 9.44 Å². The van der Waals surface area contributed by atoms with Gasteiger partial charge in [0.1, 0.15) is 5.82 Å². The lowest BCUT2D eigenvalue weighted by Crippen LogP contribution is -2.40. The van der Waals surface area contributed by atoms with Crippen LogP contribution in [0.1, 0.15) is 24.6 Å². The van der Waals surface area contributed by atoms with Crippen molar-refractivity contribution in [2.24, 2.45) is 7.05 Å². The van der Waals surface area contributed by atoms with Crippen LogP contribution in [0.4, 0.5) is 0 Å². The first kappa shape index (κ1) is 24.5. The maximum Gasteiger partial charge on any atom is 0.307 e. The molecule has 0 saturated carbocycles. The van der Waals surface area contributed by atoms with Crippen molar-refractivity contribution in [2.75, 3.05) is 13.2 Å². The van der Waals surface area contributed by atoms with Gasteiger partial charge in [0.2, 0.25) is 0 Å². The predicted molar refractivity (Wildman–Crippen MR) is 125 cm³/mol. The highest BCUT2D eigenvalue weighted by Crippen LogP contribution is 2.27. The van der Waals surface area contributed by atoms with Crippen LogP contribution in [0, 0.1) is 6.92 Å². The van der Waals surface area contributed by atoms with Gasteiger partial charge in [-0.1, -0.05) is 11.6 Å². The van der Waals surface area contributed by atoms with E-state index in [2.05, 4.69) is 9.82 Å². The van der Waals surface area contributed by atoms with Gasteiger partial charge in [-0.25, -0.2) is 4.72 Å². The van der Waals surface area contributed by atoms with Gasteiger partial charge in [0.15, 0.2) is 0 Å². The number of nitrogens with one attached hydrogen (secondary N) is 2. The summed E-state index contributed by atoms with van der Waals surface area (Å²) in [6, 6.07) is 7.43. The highest BCUT2D eigenvalue weighted by molar-refractivity contribution is 7.88. The number of aromatic nitrogens is 3. The maximum absolute atomic E-state index is 12.2. The average molecular weight is 494 g/mol. The first-order valence-corrected chi connectivity index (χ1v) is 11.9. The minimum absolute atomic E-state index is 0.146. The molecule has 2 N–H and O–H groups in total. The van der Waals surface area contributed by atoms with E-state index in [4.69, 9.17) is 16.3 Å². The van der Waals surface area contributed by atoms with E-state index in [1.165, 1.54) is 6.08 Å². The molecule has 10 nitrogen and oxygen atoms in total. The van der Waals surface area contributed by atoms with E-state index in [0.717, 1.165) is 17.0 Å². The second-order valence-corrected chi connectivity index (χ2v) is 9.02. The van der Waals surface area contributed by atoms with Crippen molar-refractivity contribution in [1.29, 1.82) is 0 Å². The van der Waals surface area contributed by atoms with Crippen molar-refractivity contribution in [3.63, 3.8) is 0 Å². The Hall–Kier alpha value is -3.15. The number of carbonyl (C=O) groups excluding carboxylic acids is 2. The summed E-state index contributed by atoms with van der Waals surface area (Å²) in [6.45, 7) is 3.45. The van der Waals surface area contributed by atoms with Crippen LogP contribution in [0.5, 0.6) is 0 Å². The van der Waals surface area contributed by atoms with Crippen LogP contribution in [0.25, 0.3) is 22.8 Å². The lowest BCUT2D eigenvalue weighted by molar-refractivity contribution is -0.142. The number of amides is 1. The zero-order chi connectivity index (χ0) is 24.2. The number of rotatable bonds is 9. The Labute approximate surface area is 196 Å². The van der Waals surface area contributed by atoms with Crippen LogP contribution >= 0.6 is 11.6 Å². The molecule has 176 valence electrons. The largest absolute Gasteiger partial charge is 0.466 e. The zero-order valence-electron chi connectivity index (χ0n) is 18.3. The van der Waals surface area contributed by atoms with E-state index in [0.29, 0.717) is 22.1 Å². The van der Waals surface area contributed by atoms with Gasteiger partial charge in [-0.15, -0.1) is 0 Å². The molecule has 0 aliphatic heterocycles.